The number of para-hydroxylation sites is 2. The Labute approximate surface area is 522 Å². The largest absolute Gasteiger partial charge is 0.311 e. The van der Waals surface area contributed by atoms with Crippen LogP contribution in [0, 0.1) is 0 Å². The lowest BCUT2D eigenvalue weighted by molar-refractivity contribution is 1.18. The molecule has 412 valence electrons. The molecule has 0 aliphatic carbocycles. The van der Waals surface area contributed by atoms with Crippen LogP contribution >= 0.6 is 11.3 Å². The highest BCUT2D eigenvalue weighted by Crippen LogP contribution is 2.59. The Bertz CT molecular complexity index is 5060. The van der Waals surface area contributed by atoms with Crippen molar-refractivity contribution in [2.45, 2.75) is 0 Å². The number of rotatable bonds is 8. The molecule has 1 aromatic heterocycles. The van der Waals surface area contributed by atoms with Gasteiger partial charge in [-0.3, -0.25) is 0 Å². The second-order valence-electron chi connectivity index (χ2n) is 23.9. The third kappa shape index (κ3) is 7.62. The summed E-state index contributed by atoms with van der Waals surface area (Å²) in [7, 11) is 0. The summed E-state index contributed by atoms with van der Waals surface area (Å²) < 4.78 is 2.73. The van der Waals surface area contributed by atoms with Crippen LogP contribution in [0.4, 0.5) is 68.2 Å². The number of hydrogen-bond acceptors (Lipinski definition) is 5. The van der Waals surface area contributed by atoms with Gasteiger partial charge in [0.2, 0.25) is 0 Å². The molecule has 0 atom stereocenters. The standard InChI is InChI=1S/C82H52B2N4S/c1-7-23-53(24-8-1)59-42-44-69-68(51-59)84-78-72(85(69)65-47-61(55-27-11-3-12-28-55)45-62(48-65)56-29-13-4-14-30-56)37-21-40-75(78)88-71-36-20-19-35-70(71)87-74-39-22-38-73-77(74)83(81-79(87)80(88)82(84)89-81)67-43-41-60(54-25-9-2-10-26-54)52-76(67)86(73)66-49-63(57-31-15-5-16-32-57)46-64(50-66)58-33-17-6-18-34-58/h1-52H. The summed E-state index contributed by atoms with van der Waals surface area (Å²) in [4.78, 5) is 10.5. The molecule has 0 saturated heterocycles. The van der Waals surface area contributed by atoms with Crippen LogP contribution in [0.3, 0.4) is 0 Å². The molecule has 5 aliphatic heterocycles. The molecule has 0 N–H and O–H groups in total. The second kappa shape index (κ2) is 19.7. The SMILES string of the molecule is c1ccc(-c2cc(-c3ccccc3)cc(N3c4ccc(-c5ccccc5)cc4B4c5sc6c7c5N(c5ccccc5N7c5cccc7c5B6c5ccc(-c6ccccc6)cc5N7c5cc(-c6ccccc6)cc(-c6ccccc6)c5)c5cccc3c54)c2)cc1. The van der Waals surface area contributed by atoms with Crippen molar-refractivity contribution < 1.29 is 0 Å². The maximum absolute atomic E-state index is 2.65. The smallest absolute Gasteiger partial charge is 0.264 e. The number of thiophene rings is 1. The summed E-state index contributed by atoms with van der Waals surface area (Å²) >= 11 is 2.04. The van der Waals surface area contributed by atoms with Crippen LogP contribution in [-0.4, -0.2) is 13.4 Å². The Balaban J connectivity index is 0.876. The van der Waals surface area contributed by atoms with Gasteiger partial charge in [0.1, 0.15) is 0 Å². The van der Waals surface area contributed by atoms with Crippen molar-refractivity contribution in [2.24, 2.45) is 0 Å². The molecule has 0 spiro atoms. The Kier molecular flexibility index (Phi) is 11.1. The predicted molar refractivity (Wildman–Crippen MR) is 379 cm³/mol. The van der Waals surface area contributed by atoms with Crippen LogP contribution in [0.5, 0.6) is 0 Å². The first-order valence-electron chi connectivity index (χ1n) is 30.8. The molecule has 0 bridgehead atoms. The van der Waals surface area contributed by atoms with Crippen molar-refractivity contribution in [1.29, 1.82) is 0 Å². The zero-order valence-corrected chi connectivity index (χ0v) is 49.2. The fraction of sp³-hybridized carbons (Fsp3) is 0. The molecule has 19 rings (SSSR count). The molecule has 0 saturated carbocycles. The first-order valence-corrected chi connectivity index (χ1v) is 31.6. The zero-order valence-electron chi connectivity index (χ0n) is 48.4. The fourth-order valence-electron chi connectivity index (χ4n) is 15.2. The molecular weight excluding hydrogens is 1090 g/mol. The Morgan fingerprint density at radius 1 is 0.202 bits per heavy atom. The quantitative estimate of drug-likeness (QED) is 0.141. The van der Waals surface area contributed by atoms with Crippen molar-refractivity contribution in [2.75, 3.05) is 19.6 Å². The van der Waals surface area contributed by atoms with E-state index in [9.17, 15) is 0 Å². The van der Waals surface area contributed by atoms with E-state index in [1.165, 1.54) is 155 Å². The lowest BCUT2D eigenvalue weighted by Crippen LogP contribution is -2.61. The van der Waals surface area contributed by atoms with Crippen LogP contribution in [0.15, 0.2) is 315 Å². The number of fused-ring (bicyclic) bond motifs is 11. The maximum atomic E-state index is 2.65. The first-order chi connectivity index (χ1) is 44.2. The van der Waals surface area contributed by atoms with E-state index in [4.69, 9.17) is 0 Å². The van der Waals surface area contributed by atoms with Crippen LogP contribution in [0.1, 0.15) is 0 Å². The van der Waals surface area contributed by atoms with Crippen LogP contribution in [0.2, 0.25) is 0 Å². The molecule has 7 heteroatoms. The molecule has 0 radical (unpaired) electrons. The predicted octanol–water partition coefficient (Wildman–Crippen LogP) is 18.2. The lowest BCUT2D eigenvalue weighted by Gasteiger charge is -2.49. The highest BCUT2D eigenvalue weighted by atomic mass is 32.1. The molecule has 0 fully saturated rings. The Morgan fingerprint density at radius 3 is 0.944 bits per heavy atom. The Hall–Kier alpha value is -11.1. The van der Waals surface area contributed by atoms with Crippen LogP contribution < -0.4 is 51.0 Å². The van der Waals surface area contributed by atoms with Gasteiger partial charge in [-0.2, -0.15) is 11.3 Å². The maximum Gasteiger partial charge on any atom is 0.264 e. The molecule has 5 aliphatic rings. The number of hydrogen-bond donors (Lipinski definition) is 0. The lowest BCUT2D eigenvalue weighted by atomic mass is 9.35. The van der Waals surface area contributed by atoms with E-state index >= 15 is 0 Å². The summed E-state index contributed by atoms with van der Waals surface area (Å²) in [5, 5.41) is 0. The van der Waals surface area contributed by atoms with E-state index < -0.39 is 0 Å². The summed E-state index contributed by atoms with van der Waals surface area (Å²) in [6.07, 6.45) is 0. The highest BCUT2D eigenvalue weighted by molar-refractivity contribution is 7.39. The molecule has 13 aromatic carbocycles. The summed E-state index contributed by atoms with van der Waals surface area (Å²) in [5.41, 5.74) is 33.8. The van der Waals surface area contributed by atoms with E-state index in [1.54, 1.807) is 0 Å². The van der Waals surface area contributed by atoms with Crippen LogP contribution in [-0.2, 0) is 0 Å². The fourth-order valence-corrected chi connectivity index (χ4v) is 16.8. The minimum atomic E-state index is -0.0873. The molecule has 0 unspecified atom stereocenters. The van der Waals surface area contributed by atoms with Gasteiger partial charge in [-0.25, -0.2) is 0 Å². The van der Waals surface area contributed by atoms with Crippen molar-refractivity contribution in [3.8, 4) is 66.8 Å². The molecular formula is C82H52B2N4S. The third-order valence-electron chi connectivity index (χ3n) is 19.1. The zero-order chi connectivity index (χ0) is 58.3. The molecule has 0 amide bonds. The summed E-state index contributed by atoms with van der Waals surface area (Å²) in [6, 6.07) is 118. The average molecular weight is 1150 g/mol. The summed E-state index contributed by atoms with van der Waals surface area (Å²) in [6.45, 7) is -0.164. The van der Waals surface area contributed by atoms with Crippen molar-refractivity contribution >= 4 is 124 Å². The van der Waals surface area contributed by atoms with Crippen molar-refractivity contribution in [1.82, 2.24) is 0 Å². The van der Waals surface area contributed by atoms with Gasteiger partial charge in [0.25, 0.3) is 13.4 Å². The highest BCUT2D eigenvalue weighted by Gasteiger charge is 2.54. The van der Waals surface area contributed by atoms with Gasteiger partial charge < -0.3 is 19.6 Å². The minimum absolute atomic E-state index is 0.0768. The number of nitrogens with zero attached hydrogens (tertiary/aromatic N) is 4. The topological polar surface area (TPSA) is 13.0 Å². The van der Waals surface area contributed by atoms with E-state index in [2.05, 4.69) is 335 Å². The van der Waals surface area contributed by atoms with Gasteiger partial charge in [0, 0.05) is 55.1 Å². The summed E-state index contributed by atoms with van der Waals surface area (Å²) in [5.74, 6) is 0. The van der Waals surface area contributed by atoms with Gasteiger partial charge in [-0.15, -0.1) is 0 Å². The van der Waals surface area contributed by atoms with Crippen LogP contribution in [0.25, 0.3) is 66.8 Å². The van der Waals surface area contributed by atoms with Gasteiger partial charge >= 0.3 is 0 Å². The monoisotopic (exact) mass is 1150 g/mol. The van der Waals surface area contributed by atoms with Gasteiger partial charge in [0.15, 0.2) is 0 Å². The van der Waals surface area contributed by atoms with Gasteiger partial charge in [-0.1, -0.05) is 231 Å². The van der Waals surface area contributed by atoms with E-state index in [1.807, 2.05) is 11.3 Å². The molecule has 6 heterocycles. The van der Waals surface area contributed by atoms with E-state index in [0.717, 1.165) is 11.4 Å². The van der Waals surface area contributed by atoms with Gasteiger partial charge in [0.05, 0.1) is 22.7 Å². The van der Waals surface area contributed by atoms with E-state index in [-0.39, 0.29) is 13.4 Å². The Morgan fingerprint density at radius 2 is 0.528 bits per heavy atom. The van der Waals surface area contributed by atoms with Crippen molar-refractivity contribution in [3.05, 3.63) is 315 Å². The molecule has 89 heavy (non-hydrogen) atoms. The second-order valence-corrected chi connectivity index (χ2v) is 25.0. The average Bonchev–Trinajstić information content (AvgIpc) is 1.62. The first kappa shape index (κ1) is 50.1. The van der Waals surface area contributed by atoms with E-state index in [0.29, 0.717) is 0 Å². The van der Waals surface area contributed by atoms with Gasteiger partial charge in [-0.05, 0) is 174 Å². The third-order valence-corrected chi connectivity index (χ3v) is 20.4. The number of anilines is 12. The normalized spacial score (nSPS) is 13.3. The molecule has 14 aromatic rings. The minimum Gasteiger partial charge on any atom is -0.311 e. The molecule has 4 nitrogen and oxygen atoms in total. The number of benzene rings is 13. The van der Waals surface area contributed by atoms with Crippen molar-refractivity contribution in [3.63, 3.8) is 0 Å².